The van der Waals surface area contributed by atoms with Gasteiger partial charge in [-0.2, -0.15) is 0 Å². The van der Waals surface area contributed by atoms with E-state index in [1.165, 1.54) is 41.1 Å². The van der Waals surface area contributed by atoms with Gasteiger partial charge in [0.15, 0.2) is 5.13 Å². The van der Waals surface area contributed by atoms with Gasteiger partial charge < -0.3 is 10.2 Å². The van der Waals surface area contributed by atoms with Crippen LogP contribution in [0.25, 0.3) is 10.2 Å². The molecule has 2 aromatic heterocycles. The lowest BCUT2D eigenvalue weighted by molar-refractivity contribution is -0.121. The van der Waals surface area contributed by atoms with Crippen molar-refractivity contribution < 1.29 is 9.59 Å². The fraction of sp³-hybridized carbons (Fsp3) is 0.409. The molecule has 29 heavy (non-hydrogen) atoms. The Morgan fingerprint density at radius 3 is 2.79 bits per heavy atom. The normalized spacial score (nSPS) is 15.0. The lowest BCUT2D eigenvalue weighted by atomic mass is 9.96. The molecule has 1 aliphatic heterocycles. The predicted molar refractivity (Wildman–Crippen MR) is 120 cm³/mol. The largest absolute Gasteiger partial charge is 0.338 e. The molecule has 1 fully saturated rings. The molecule has 3 aromatic rings. The van der Waals surface area contributed by atoms with E-state index >= 15 is 0 Å². The predicted octanol–water partition coefficient (Wildman–Crippen LogP) is 5.19. The van der Waals surface area contributed by atoms with E-state index in [2.05, 4.69) is 29.4 Å². The van der Waals surface area contributed by atoms with Crippen LogP contribution in [0.4, 0.5) is 5.13 Å². The van der Waals surface area contributed by atoms with Gasteiger partial charge in [-0.15, -0.1) is 11.3 Å². The SMILES string of the molecule is CCCCc1ccc2nc(NC(=O)C3CCN(C(=O)c4cccs4)CC3)sc2c1. The Bertz CT molecular complexity index is 989. The number of carbonyl (C=O) groups is 2. The number of aryl methyl sites for hydroxylation is 1. The van der Waals surface area contributed by atoms with Crippen molar-refractivity contribution >= 4 is 49.8 Å². The second kappa shape index (κ2) is 9.05. The molecule has 1 aliphatic rings. The molecule has 0 aliphatic carbocycles. The maximum Gasteiger partial charge on any atom is 0.263 e. The summed E-state index contributed by atoms with van der Waals surface area (Å²) in [5.74, 6) is 0.0110. The van der Waals surface area contributed by atoms with Gasteiger partial charge >= 0.3 is 0 Å². The molecule has 4 rings (SSSR count). The zero-order chi connectivity index (χ0) is 20.2. The minimum atomic E-state index is -0.0745. The highest BCUT2D eigenvalue weighted by Gasteiger charge is 2.28. The minimum Gasteiger partial charge on any atom is -0.338 e. The number of fused-ring (bicyclic) bond motifs is 1. The van der Waals surface area contributed by atoms with Crippen LogP contribution in [0.15, 0.2) is 35.7 Å². The summed E-state index contributed by atoms with van der Waals surface area (Å²) in [6.07, 6.45) is 4.82. The van der Waals surface area contributed by atoms with Crippen LogP contribution in [0.2, 0.25) is 0 Å². The van der Waals surface area contributed by atoms with Crippen molar-refractivity contribution in [3.8, 4) is 0 Å². The molecule has 0 saturated carbocycles. The van der Waals surface area contributed by atoms with E-state index in [-0.39, 0.29) is 17.7 Å². The van der Waals surface area contributed by atoms with Crippen LogP contribution in [-0.4, -0.2) is 34.8 Å². The summed E-state index contributed by atoms with van der Waals surface area (Å²) in [5, 5.41) is 5.58. The Morgan fingerprint density at radius 2 is 2.07 bits per heavy atom. The first-order valence-corrected chi connectivity index (χ1v) is 11.9. The van der Waals surface area contributed by atoms with Gasteiger partial charge in [-0.1, -0.05) is 36.8 Å². The molecule has 5 nitrogen and oxygen atoms in total. The summed E-state index contributed by atoms with van der Waals surface area (Å²) in [6.45, 7) is 3.44. The van der Waals surface area contributed by atoms with Gasteiger partial charge in [0.05, 0.1) is 15.1 Å². The summed E-state index contributed by atoms with van der Waals surface area (Å²) in [5.41, 5.74) is 2.26. The molecule has 152 valence electrons. The van der Waals surface area contributed by atoms with Crippen molar-refractivity contribution in [2.45, 2.75) is 39.0 Å². The summed E-state index contributed by atoms with van der Waals surface area (Å²) >= 11 is 3.00. The van der Waals surface area contributed by atoms with E-state index in [4.69, 9.17) is 0 Å². The maximum absolute atomic E-state index is 12.7. The topological polar surface area (TPSA) is 62.3 Å². The van der Waals surface area contributed by atoms with Crippen LogP contribution in [0.1, 0.15) is 47.8 Å². The second-order valence-electron chi connectivity index (χ2n) is 7.46. The Morgan fingerprint density at radius 1 is 1.24 bits per heavy atom. The highest BCUT2D eigenvalue weighted by Crippen LogP contribution is 2.29. The Balaban J connectivity index is 1.34. The number of anilines is 1. The quantitative estimate of drug-likeness (QED) is 0.589. The van der Waals surface area contributed by atoms with Crippen LogP contribution in [0, 0.1) is 5.92 Å². The van der Waals surface area contributed by atoms with Crippen molar-refractivity contribution in [3.63, 3.8) is 0 Å². The van der Waals surface area contributed by atoms with Crippen molar-refractivity contribution in [1.82, 2.24) is 9.88 Å². The highest BCUT2D eigenvalue weighted by molar-refractivity contribution is 7.22. The van der Waals surface area contributed by atoms with Gasteiger partial charge in [-0.3, -0.25) is 9.59 Å². The van der Waals surface area contributed by atoms with Gasteiger partial charge in [0.25, 0.3) is 5.91 Å². The van der Waals surface area contributed by atoms with Crippen molar-refractivity contribution in [2.24, 2.45) is 5.92 Å². The van der Waals surface area contributed by atoms with E-state index in [0.29, 0.717) is 31.1 Å². The number of aromatic nitrogens is 1. The molecule has 7 heteroatoms. The first kappa shape index (κ1) is 20.0. The molecule has 2 amide bonds. The van der Waals surface area contributed by atoms with Crippen LogP contribution in [0.5, 0.6) is 0 Å². The fourth-order valence-corrected chi connectivity index (χ4v) is 5.29. The van der Waals surface area contributed by atoms with Gasteiger partial charge in [0.1, 0.15) is 0 Å². The summed E-state index contributed by atoms with van der Waals surface area (Å²) in [4.78, 5) is 32.3. The van der Waals surface area contributed by atoms with Crippen molar-refractivity contribution in [2.75, 3.05) is 18.4 Å². The number of nitrogens with one attached hydrogen (secondary N) is 1. The minimum absolute atomic E-state index is 0.0125. The van der Waals surface area contributed by atoms with Gasteiger partial charge in [-0.25, -0.2) is 4.98 Å². The average molecular weight is 428 g/mol. The smallest absolute Gasteiger partial charge is 0.263 e. The number of benzene rings is 1. The fourth-order valence-electron chi connectivity index (χ4n) is 3.67. The number of hydrogen-bond donors (Lipinski definition) is 1. The van der Waals surface area contributed by atoms with Crippen LogP contribution >= 0.6 is 22.7 Å². The number of amides is 2. The number of thiazole rings is 1. The zero-order valence-electron chi connectivity index (χ0n) is 16.5. The number of rotatable bonds is 6. The molecular formula is C22H25N3O2S2. The Kier molecular flexibility index (Phi) is 6.25. The maximum atomic E-state index is 12.7. The molecule has 1 aromatic carbocycles. The number of nitrogens with zero attached hydrogens (tertiary/aromatic N) is 2. The zero-order valence-corrected chi connectivity index (χ0v) is 18.2. The number of thiophene rings is 1. The highest BCUT2D eigenvalue weighted by atomic mass is 32.1. The first-order valence-electron chi connectivity index (χ1n) is 10.2. The molecule has 1 saturated heterocycles. The van der Waals surface area contributed by atoms with Crippen LogP contribution < -0.4 is 5.32 Å². The molecule has 0 atom stereocenters. The van der Waals surface area contributed by atoms with E-state index in [1.807, 2.05) is 28.5 Å². The third-order valence-corrected chi connectivity index (χ3v) is 7.18. The first-order chi connectivity index (χ1) is 14.1. The average Bonchev–Trinajstić information content (AvgIpc) is 3.41. The number of unbranched alkanes of at least 4 members (excludes halogenated alkanes) is 1. The Labute approximate surface area is 178 Å². The number of piperidine rings is 1. The molecule has 0 unspecified atom stereocenters. The molecule has 0 radical (unpaired) electrons. The lowest BCUT2D eigenvalue weighted by Gasteiger charge is -2.30. The number of hydrogen-bond acceptors (Lipinski definition) is 5. The lowest BCUT2D eigenvalue weighted by Crippen LogP contribution is -2.41. The van der Waals surface area contributed by atoms with Gasteiger partial charge in [0.2, 0.25) is 5.91 Å². The molecular weight excluding hydrogens is 402 g/mol. The van der Waals surface area contributed by atoms with Crippen molar-refractivity contribution in [3.05, 3.63) is 46.2 Å². The second-order valence-corrected chi connectivity index (χ2v) is 9.44. The standard InChI is InChI=1S/C22H25N3O2S2/c1-2-3-5-15-7-8-17-19(14-15)29-22(23-17)24-20(26)16-9-11-25(12-10-16)21(27)18-6-4-13-28-18/h4,6-8,13-14,16H,2-3,5,9-12H2,1H3,(H,23,24,26). The van der Waals surface area contributed by atoms with E-state index in [0.717, 1.165) is 21.5 Å². The monoisotopic (exact) mass is 427 g/mol. The molecule has 3 heterocycles. The summed E-state index contributed by atoms with van der Waals surface area (Å²) < 4.78 is 1.12. The number of carbonyl (C=O) groups excluding carboxylic acids is 2. The van der Waals surface area contributed by atoms with E-state index in [9.17, 15) is 9.59 Å². The van der Waals surface area contributed by atoms with Crippen LogP contribution in [0.3, 0.4) is 0 Å². The van der Waals surface area contributed by atoms with Gasteiger partial charge in [0, 0.05) is 19.0 Å². The Hall–Kier alpha value is -2.25. The van der Waals surface area contributed by atoms with Gasteiger partial charge in [-0.05, 0) is 54.8 Å². The summed E-state index contributed by atoms with van der Waals surface area (Å²) in [6, 6.07) is 10.1. The van der Waals surface area contributed by atoms with E-state index < -0.39 is 0 Å². The third-order valence-electron chi connectivity index (χ3n) is 5.39. The van der Waals surface area contributed by atoms with Crippen LogP contribution in [-0.2, 0) is 11.2 Å². The number of likely N-dealkylation sites (tertiary alicyclic amines) is 1. The molecule has 1 N–H and O–H groups in total. The van der Waals surface area contributed by atoms with E-state index in [1.54, 1.807) is 0 Å². The third kappa shape index (κ3) is 4.67. The summed E-state index contributed by atoms with van der Waals surface area (Å²) in [7, 11) is 0. The molecule has 0 spiro atoms. The molecule has 0 bridgehead atoms. The van der Waals surface area contributed by atoms with Crippen molar-refractivity contribution in [1.29, 1.82) is 0 Å².